The van der Waals surface area contributed by atoms with E-state index in [-0.39, 0.29) is 30.0 Å². The highest BCUT2D eigenvalue weighted by molar-refractivity contribution is 14.0. The maximum absolute atomic E-state index is 6.05. The zero-order valence-corrected chi connectivity index (χ0v) is 14.8. The summed E-state index contributed by atoms with van der Waals surface area (Å²) in [4.78, 5) is 4.54. The van der Waals surface area contributed by atoms with Gasteiger partial charge in [-0.2, -0.15) is 0 Å². The van der Waals surface area contributed by atoms with Gasteiger partial charge in [0.25, 0.3) is 0 Å². The number of guanidine groups is 1. The predicted molar refractivity (Wildman–Crippen MR) is 96.3 cm³/mol. The third-order valence-corrected chi connectivity index (χ3v) is 4.57. The minimum atomic E-state index is 0. The van der Waals surface area contributed by atoms with Crippen LogP contribution < -0.4 is 15.8 Å². The van der Waals surface area contributed by atoms with E-state index in [0.717, 1.165) is 25.3 Å². The van der Waals surface area contributed by atoms with Gasteiger partial charge < -0.3 is 15.8 Å². The summed E-state index contributed by atoms with van der Waals surface area (Å²) < 4.78 is 5.66. The summed E-state index contributed by atoms with van der Waals surface area (Å²) in [5.41, 5.74) is 7.67. The second kappa shape index (κ2) is 6.85. The fourth-order valence-electron chi connectivity index (χ4n) is 2.77. The summed E-state index contributed by atoms with van der Waals surface area (Å²) in [5, 5.41) is 3.35. The molecule has 1 aromatic carbocycles. The van der Waals surface area contributed by atoms with E-state index in [1.807, 2.05) is 18.2 Å². The van der Waals surface area contributed by atoms with Gasteiger partial charge in [0, 0.05) is 18.5 Å². The molecule has 3 N–H and O–H groups in total. The molecular formula is C16H24IN3O. The van der Waals surface area contributed by atoms with Crippen molar-refractivity contribution in [2.75, 3.05) is 13.2 Å². The average molecular weight is 401 g/mol. The first-order valence-corrected chi connectivity index (χ1v) is 7.51. The van der Waals surface area contributed by atoms with E-state index in [0.29, 0.717) is 11.4 Å². The Hall–Kier alpha value is -0.980. The monoisotopic (exact) mass is 401 g/mol. The van der Waals surface area contributed by atoms with Crippen molar-refractivity contribution in [1.82, 2.24) is 5.32 Å². The maximum Gasteiger partial charge on any atom is 0.189 e. The summed E-state index contributed by atoms with van der Waals surface area (Å²) in [6, 6.07) is 8.34. The molecule has 21 heavy (non-hydrogen) atoms. The SMILES string of the molecule is CCC1(CN=C(N)NC2CCOc3ccccc32)CC1.I. The van der Waals surface area contributed by atoms with E-state index < -0.39 is 0 Å². The molecule has 5 heteroatoms. The van der Waals surface area contributed by atoms with Gasteiger partial charge in [0.05, 0.1) is 12.6 Å². The molecule has 1 fully saturated rings. The first-order chi connectivity index (χ1) is 9.72. The molecule has 0 amide bonds. The number of ether oxygens (including phenoxy) is 1. The number of nitrogens with one attached hydrogen (secondary N) is 1. The van der Waals surface area contributed by atoms with Crippen LogP contribution in [0.5, 0.6) is 5.75 Å². The second-order valence-corrected chi connectivity index (χ2v) is 5.93. The van der Waals surface area contributed by atoms with Crippen LogP contribution in [-0.2, 0) is 0 Å². The molecule has 3 rings (SSSR count). The largest absolute Gasteiger partial charge is 0.493 e. The predicted octanol–water partition coefficient (Wildman–Crippen LogP) is 3.22. The van der Waals surface area contributed by atoms with Gasteiger partial charge in [0.15, 0.2) is 5.96 Å². The van der Waals surface area contributed by atoms with Crippen LogP contribution in [0.3, 0.4) is 0 Å². The number of nitrogens with two attached hydrogens (primary N) is 1. The molecule has 1 aromatic rings. The molecule has 0 spiro atoms. The second-order valence-electron chi connectivity index (χ2n) is 5.93. The standard InChI is InChI=1S/C16H23N3O.HI/c1-2-16(8-9-16)11-18-15(17)19-13-7-10-20-14-6-4-3-5-12(13)14;/h3-6,13H,2,7-11H2,1H3,(H3,17,18,19);1H. The van der Waals surface area contributed by atoms with Crippen LogP contribution in [0.1, 0.15) is 44.2 Å². The number of fused-ring (bicyclic) bond motifs is 1. The highest BCUT2D eigenvalue weighted by Crippen LogP contribution is 2.48. The van der Waals surface area contributed by atoms with Crippen molar-refractivity contribution in [3.63, 3.8) is 0 Å². The van der Waals surface area contributed by atoms with E-state index in [1.165, 1.54) is 24.8 Å². The molecule has 116 valence electrons. The van der Waals surface area contributed by atoms with Gasteiger partial charge in [-0.1, -0.05) is 25.1 Å². The van der Waals surface area contributed by atoms with Crippen molar-refractivity contribution in [2.24, 2.45) is 16.1 Å². The van der Waals surface area contributed by atoms with Gasteiger partial charge in [0.1, 0.15) is 5.75 Å². The number of halogens is 1. The first-order valence-electron chi connectivity index (χ1n) is 7.51. The molecule has 1 unspecified atom stereocenters. The molecule has 1 saturated carbocycles. The van der Waals surface area contributed by atoms with Gasteiger partial charge in [-0.15, -0.1) is 24.0 Å². The van der Waals surface area contributed by atoms with Crippen LogP contribution in [-0.4, -0.2) is 19.1 Å². The van der Waals surface area contributed by atoms with E-state index in [1.54, 1.807) is 0 Å². The molecule has 1 heterocycles. The molecule has 4 nitrogen and oxygen atoms in total. The van der Waals surface area contributed by atoms with Crippen LogP contribution in [0.4, 0.5) is 0 Å². The number of nitrogens with zero attached hydrogens (tertiary/aromatic N) is 1. The molecule has 1 aliphatic heterocycles. The number of hydrogen-bond acceptors (Lipinski definition) is 2. The number of para-hydroxylation sites is 1. The quantitative estimate of drug-likeness (QED) is 0.463. The summed E-state index contributed by atoms with van der Waals surface area (Å²) in [7, 11) is 0. The summed E-state index contributed by atoms with van der Waals surface area (Å²) in [5.74, 6) is 1.52. The first kappa shape index (κ1) is 16.4. The molecule has 2 aliphatic rings. The molecule has 0 saturated heterocycles. The lowest BCUT2D eigenvalue weighted by molar-refractivity contribution is 0.262. The lowest BCUT2D eigenvalue weighted by atomic mass is 10.0. The lowest BCUT2D eigenvalue weighted by Crippen LogP contribution is -2.37. The van der Waals surface area contributed by atoms with Crippen LogP contribution in [0.25, 0.3) is 0 Å². The Kier molecular flexibility index (Phi) is 5.35. The Morgan fingerprint density at radius 1 is 1.43 bits per heavy atom. The Balaban J connectivity index is 0.00000161. The third-order valence-electron chi connectivity index (χ3n) is 4.57. The zero-order chi connectivity index (χ0) is 14.0. The minimum Gasteiger partial charge on any atom is -0.493 e. The summed E-state index contributed by atoms with van der Waals surface area (Å²) >= 11 is 0. The molecule has 0 bridgehead atoms. The van der Waals surface area contributed by atoms with Crippen molar-refractivity contribution >= 4 is 29.9 Å². The Bertz CT molecular complexity index is 514. The Morgan fingerprint density at radius 3 is 2.90 bits per heavy atom. The van der Waals surface area contributed by atoms with E-state index in [9.17, 15) is 0 Å². The summed E-state index contributed by atoms with van der Waals surface area (Å²) in [6.07, 6.45) is 4.71. The average Bonchev–Trinajstić information content (AvgIpc) is 3.26. The lowest BCUT2D eigenvalue weighted by Gasteiger charge is -2.27. The van der Waals surface area contributed by atoms with Crippen molar-refractivity contribution in [3.8, 4) is 5.75 Å². The van der Waals surface area contributed by atoms with Crippen LogP contribution in [0, 0.1) is 5.41 Å². The topological polar surface area (TPSA) is 59.6 Å². The number of aliphatic imine (C=N–C) groups is 1. The Labute approximate surface area is 143 Å². The number of rotatable bonds is 4. The van der Waals surface area contributed by atoms with Crippen molar-refractivity contribution in [3.05, 3.63) is 29.8 Å². The summed E-state index contributed by atoms with van der Waals surface area (Å²) in [6.45, 7) is 3.81. The molecular weight excluding hydrogens is 377 g/mol. The Morgan fingerprint density at radius 2 is 2.19 bits per heavy atom. The van der Waals surface area contributed by atoms with Crippen molar-refractivity contribution in [1.29, 1.82) is 0 Å². The van der Waals surface area contributed by atoms with Crippen LogP contribution in [0.15, 0.2) is 29.3 Å². The number of hydrogen-bond donors (Lipinski definition) is 2. The van der Waals surface area contributed by atoms with Gasteiger partial charge in [0.2, 0.25) is 0 Å². The van der Waals surface area contributed by atoms with Crippen molar-refractivity contribution < 1.29 is 4.74 Å². The highest BCUT2D eigenvalue weighted by atomic mass is 127. The van der Waals surface area contributed by atoms with E-state index >= 15 is 0 Å². The number of benzene rings is 1. The van der Waals surface area contributed by atoms with Crippen LogP contribution in [0.2, 0.25) is 0 Å². The fraction of sp³-hybridized carbons (Fsp3) is 0.562. The molecule has 0 aromatic heterocycles. The van der Waals surface area contributed by atoms with Gasteiger partial charge in [-0.3, -0.25) is 4.99 Å². The van der Waals surface area contributed by atoms with Gasteiger partial charge in [-0.25, -0.2) is 0 Å². The molecule has 1 atom stereocenters. The van der Waals surface area contributed by atoms with Crippen LogP contribution >= 0.6 is 24.0 Å². The normalized spacial score (nSPS) is 22.5. The van der Waals surface area contributed by atoms with E-state index in [4.69, 9.17) is 10.5 Å². The van der Waals surface area contributed by atoms with Crippen molar-refractivity contribution in [2.45, 2.75) is 38.6 Å². The van der Waals surface area contributed by atoms with Gasteiger partial charge >= 0.3 is 0 Å². The maximum atomic E-state index is 6.05. The fourth-order valence-corrected chi connectivity index (χ4v) is 2.77. The molecule has 1 aliphatic carbocycles. The van der Waals surface area contributed by atoms with E-state index in [2.05, 4.69) is 23.3 Å². The van der Waals surface area contributed by atoms with Gasteiger partial charge in [-0.05, 0) is 30.7 Å². The highest BCUT2D eigenvalue weighted by Gasteiger charge is 2.40. The minimum absolute atomic E-state index is 0. The third kappa shape index (κ3) is 3.81. The molecule has 0 radical (unpaired) electrons. The smallest absolute Gasteiger partial charge is 0.189 e. The zero-order valence-electron chi connectivity index (χ0n) is 12.5.